The minimum atomic E-state index is -0.437. The van der Waals surface area contributed by atoms with E-state index < -0.39 is 4.92 Å². The maximum Gasteiger partial charge on any atom is 0.271 e. The Morgan fingerprint density at radius 1 is 1.56 bits per heavy atom. The first-order valence-corrected chi connectivity index (χ1v) is 6.64. The van der Waals surface area contributed by atoms with Crippen LogP contribution in [0.15, 0.2) is 18.2 Å². The maximum absolute atomic E-state index is 10.6. The third-order valence-electron chi connectivity index (χ3n) is 3.48. The van der Waals surface area contributed by atoms with Crippen molar-refractivity contribution in [3.63, 3.8) is 0 Å². The smallest absolute Gasteiger partial charge is 0.271 e. The van der Waals surface area contributed by atoms with Gasteiger partial charge in [-0.3, -0.25) is 10.1 Å². The number of anilines is 1. The zero-order chi connectivity index (χ0) is 13.1. The quantitative estimate of drug-likeness (QED) is 0.642. The highest BCUT2D eigenvalue weighted by atomic mass is 35.5. The molecule has 1 unspecified atom stereocenters. The van der Waals surface area contributed by atoms with Gasteiger partial charge in [-0.2, -0.15) is 0 Å². The van der Waals surface area contributed by atoms with Crippen LogP contribution in [0.25, 0.3) is 0 Å². The lowest BCUT2D eigenvalue weighted by atomic mass is 9.81. The molecule has 1 saturated carbocycles. The summed E-state index contributed by atoms with van der Waals surface area (Å²) >= 11 is 6.04. The summed E-state index contributed by atoms with van der Waals surface area (Å²) in [6.45, 7) is 2.12. The van der Waals surface area contributed by atoms with Gasteiger partial charge in [0.2, 0.25) is 0 Å². The number of halogens is 1. The Morgan fingerprint density at radius 2 is 2.28 bits per heavy atom. The summed E-state index contributed by atoms with van der Waals surface area (Å²) in [5, 5.41) is 14.3. The van der Waals surface area contributed by atoms with Crippen LogP contribution in [0.4, 0.5) is 11.4 Å². The van der Waals surface area contributed by atoms with Gasteiger partial charge in [-0.1, -0.05) is 30.9 Å². The van der Waals surface area contributed by atoms with Crippen molar-refractivity contribution in [3.8, 4) is 0 Å². The van der Waals surface area contributed by atoms with E-state index in [-0.39, 0.29) is 5.69 Å². The van der Waals surface area contributed by atoms with Gasteiger partial charge in [-0.15, -0.1) is 0 Å². The highest BCUT2D eigenvalue weighted by Gasteiger charge is 2.20. The molecule has 0 amide bonds. The van der Waals surface area contributed by atoms with Gasteiger partial charge in [-0.05, 0) is 25.3 Å². The van der Waals surface area contributed by atoms with E-state index in [0.717, 1.165) is 18.0 Å². The lowest BCUT2D eigenvalue weighted by molar-refractivity contribution is -0.384. The minimum absolute atomic E-state index is 0.0252. The van der Waals surface area contributed by atoms with Crippen LogP contribution in [-0.2, 0) is 0 Å². The number of nitrogens with one attached hydrogen (secondary N) is 1. The number of nitrogens with zero attached hydrogens (tertiary/aromatic N) is 1. The molecule has 98 valence electrons. The summed E-state index contributed by atoms with van der Waals surface area (Å²) < 4.78 is 0. The normalized spacial score (nSPS) is 17.0. The van der Waals surface area contributed by atoms with Gasteiger partial charge in [-0.25, -0.2) is 0 Å². The molecule has 1 aromatic rings. The average Bonchev–Trinajstić information content (AvgIpc) is 2.26. The molecular weight excluding hydrogens is 252 g/mol. The van der Waals surface area contributed by atoms with E-state index in [2.05, 4.69) is 12.2 Å². The summed E-state index contributed by atoms with van der Waals surface area (Å²) in [7, 11) is 0. The first kappa shape index (κ1) is 13.1. The van der Waals surface area contributed by atoms with Gasteiger partial charge in [0.1, 0.15) is 0 Å². The van der Waals surface area contributed by atoms with Crippen molar-refractivity contribution in [1.82, 2.24) is 0 Å². The largest absolute Gasteiger partial charge is 0.381 e. The molecule has 1 N–H and O–H groups in total. The third kappa shape index (κ3) is 3.13. The second-order valence-corrected chi connectivity index (χ2v) is 5.41. The highest BCUT2D eigenvalue weighted by Crippen LogP contribution is 2.32. The number of rotatable bonds is 5. The number of non-ortho nitro benzene ring substituents is 1. The fraction of sp³-hybridized carbons (Fsp3) is 0.538. The van der Waals surface area contributed by atoms with Crippen LogP contribution in [0.2, 0.25) is 5.02 Å². The first-order chi connectivity index (χ1) is 8.56. The molecule has 0 heterocycles. The Kier molecular flexibility index (Phi) is 4.07. The molecule has 0 saturated heterocycles. The van der Waals surface area contributed by atoms with Crippen LogP contribution in [0.3, 0.4) is 0 Å². The average molecular weight is 269 g/mol. The molecule has 1 aliphatic rings. The van der Waals surface area contributed by atoms with E-state index >= 15 is 0 Å². The monoisotopic (exact) mass is 268 g/mol. The molecular formula is C13H17ClN2O2. The highest BCUT2D eigenvalue weighted by molar-refractivity contribution is 6.33. The lowest BCUT2D eigenvalue weighted by Gasteiger charge is -2.29. The SMILES string of the molecule is CC(CC1CCC1)Nc1ccc([N+](=O)[O-])cc1Cl. The second kappa shape index (κ2) is 5.57. The Balaban J connectivity index is 1.97. The number of benzene rings is 1. The minimum Gasteiger partial charge on any atom is -0.381 e. The van der Waals surface area contributed by atoms with Crippen molar-refractivity contribution >= 4 is 23.0 Å². The molecule has 1 aliphatic carbocycles. The molecule has 0 bridgehead atoms. The van der Waals surface area contributed by atoms with E-state index in [1.54, 1.807) is 6.07 Å². The predicted molar refractivity (Wildman–Crippen MR) is 73.1 cm³/mol. The molecule has 18 heavy (non-hydrogen) atoms. The predicted octanol–water partition coefficient (Wildman–Crippen LogP) is 4.24. The zero-order valence-electron chi connectivity index (χ0n) is 10.4. The summed E-state index contributed by atoms with van der Waals surface area (Å²) in [6.07, 6.45) is 5.11. The van der Waals surface area contributed by atoms with Gasteiger partial charge in [0.15, 0.2) is 0 Å². The van der Waals surface area contributed by atoms with E-state index in [1.165, 1.54) is 31.4 Å². The molecule has 1 aromatic carbocycles. The molecule has 1 fully saturated rings. The van der Waals surface area contributed by atoms with Gasteiger partial charge in [0.25, 0.3) is 5.69 Å². The number of nitro groups is 1. The summed E-state index contributed by atoms with van der Waals surface area (Å²) in [5.41, 5.74) is 0.797. The van der Waals surface area contributed by atoms with Gasteiger partial charge in [0.05, 0.1) is 15.6 Å². The summed E-state index contributed by atoms with van der Waals surface area (Å²) in [5.74, 6) is 0.823. The van der Waals surface area contributed by atoms with Gasteiger partial charge in [0, 0.05) is 18.2 Å². The van der Waals surface area contributed by atoms with Crippen LogP contribution in [0.1, 0.15) is 32.6 Å². The Labute approximate surface area is 111 Å². The molecule has 0 radical (unpaired) electrons. The Morgan fingerprint density at radius 3 is 2.78 bits per heavy atom. The molecule has 0 aliphatic heterocycles. The topological polar surface area (TPSA) is 55.2 Å². The van der Waals surface area contributed by atoms with Crippen molar-refractivity contribution in [1.29, 1.82) is 0 Å². The van der Waals surface area contributed by atoms with Crippen LogP contribution in [-0.4, -0.2) is 11.0 Å². The van der Waals surface area contributed by atoms with Crippen molar-refractivity contribution in [2.24, 2.45) is 5.92 Å². The van der Waals surface area contributed by atoms with Crippen molar-refractivity contribution in [2.75, 3.05) is 5.32 Å². The van der Waals surface area contributed by atoms with Crippen molar-refractivity contribution in [3.05, 3.63) is 33.3 Å². The van der Waals surface area contributed by atoms with Gasteiger partial charge < -0.3 is 5.32 Å². The fourth-order valence-electron chi connectivity index (χ4n) is 2.29. The van der Waals surface area contributed by atoms with Gasteiger partial charge >= 0.3 is 0 Å². The van der Waals surface area contributed by atoms with Crippen molar-refractivity contribution < 1.29 is 4.92 Å². The third-order valence-corrected chi connectivity index (χ3v) is 3.79. The standard InChI is InChI=1S/C13H17ClN2O2/c1-9(7-10-3-2-4-10)15-13-6-5-11(16(17)18)8-12(13)14/h5-6,8-10,15H,2-4,7H2,1H3. The maximum atomic E-state index is 10.6. The van der Waals surface area contributed by atoms with Crippen LogP contribution >= 0.6 is 11.6 Å². The van der Waals surface area contributed by atoms with Crippen molar-refractivity contribution in [2.45, 2.75) is 38.6 Å². The molecule has 5 heteroatoms. The van der Waals surface area contributed by atoms with E-state index in [1.807, 2.05) is 0 Å². The molecule has 0 aromatic heterocycles. The Hall–Kier alpha value is -1.29. The zero-order valence-corrected chi connectivity index (χ0v) is 11.1. The molecule has 4 nitrogen and oxygen atoms in total. The number of nitro benzene ring substituents is 1. The van der Waals surface area contributed by atoms with Crippen LogP contribution in [0, 0.1) is 16.0 Å². The van der Waals surface area contributed by atoms with Crippen LogP contribution < -0.4 is 5.32 Å². The molecule has 0 spiro atoms. The summed E-state index contributed by atoms with van der Waals surface area (Å²) in [4.78, 5) is 10.2. The first-order valence-electron chi connectivity index (χ1n) is 6.26. The molecule has 2 rings (SSSR count). The lowest BCUT2D eigenvalue weighted by Crippen LogP contribution is -2.23. The van der Waals surface area contributed by atoms with E-state index in [0.29, 0.717) is 11.1 Å². The van der Waals surface area contributed by atoms with Crippen LogP contribution in [0.5, 0.6) is 0 Å². The molecule has 1 atom stereocenters. The Bertz CT molecular complexity index is 447. The van der Waals surface area contributed by atoms with E-state index in [4.69, 9.17) is 11.6 Å². The summed E-state index contributed by atoms with van der Waals surface area (Å²) in [6, 6.07) is 4.89. The number of hydrogen-bond donors (Lipinski definition) is 1. The number of hydrogen-bond acceptors (Lipinski definition) is 3. The fourth-order valence-corrected chi connectivity index (χ4v) is 2.52. The second-order valence-electron chi connectivity index (χ2n) is 5.00. The van der Waals surface area contributed by atoms with E-state index in [9.17, 15) is 10.1 Å².